The summed E-state index contributed by atoms with van der Waals surface area (Å²) < 4.78 is 13.4. The number of hydrogen-bond acceptors (Lipinski definition) is 4. The Hall–Kier alpha value is -2.25. The van der Waals surface area contributed by atoms with E-state index in [4.69, 9.17) is 0 Å². The van der Waals surface area contributed by atoms with Crippen molar-refractivity contribution in [2.24, 2.45) is 0 Å². The van der Waals surface area contributed by atoms with Gasteiger partial charge in [0.25, 0.3) is 0 Å². The molecule has 2 heterocycles. The summed E-state index contributed by atoms with van der Waals surface area (Å²) in [6.07, 6.45) is 4.67. The van der Waals surface area contributed by atoms with E-state index in [9.17, 15) is 14.0 Å². The molecule has 1 aliphatic heterocycles. The van der Waals surface area contributed by atoms with Crippen LogP contribution in [-0.2, 0) is 22.7 Å². The molecule has 1 aromatic carbocycles. The molecule has 0 aliphatic carbocycles. The zero-order valence-corrected chi connectivity index (χ0v) is 20.7. The molecule has 1 aliphatic rings. The van der Waals surface area contributed by atoms with Gasteiger partial charge in [-0.2, -0.15) is 0 Å². The van der Waals surface area contributed by atoms with Crippen LogP contribution >= 0.6 is 11.3 Å². The van der Waals surface area contributed by atoms with E-state index in [0.717, 1.165) is 48.5 Å². The summed E-state index contributed by atoms with van der Waals surface area (Å²) in [5.41, 5.74) is 2.03. The van der Waals surface area contributed by atoms with Crippen molar-refractivity contribution in [3.63, 3.8) is 0 Å². The van der Waals surface area contributed by atoms with E-state index in [0.29, 0.717) is 26.1 Å². The fraction of sp³-hybridized carbons (Fsp3) is 0.538. The number of rotatable bonds is 12. The molecule has 180 valence electrons. The number of amides is 2. The number of unbranched alkanes of at least 4 members (excludes halogenated alkanes) is 1. The van der Waals surface area contributed by atoms with E-state index in [1.807, 2.05) is 12.3 Å². The zero-order valence-electron chi connectivity index (χ0n) is 19.9. The third-order valence-corrected chi connectivity index (χ3v) is 7.26. The van der Waals surface area contributed by atoms with Gasteiger partial charge in [-0.05, 0) is 74.0 Å². The van der Waals surface area contributed by atoms with Crippen molar-refractivity contribution in [2.75, 3.05) is 32.7 Å². The number of carbonyl (C=O) groups is 2. The van der Waals surface area contributed by atoms with E-state index in [1.165, 1.54) is 25.0 Å². The molecular weight excluding hydrogens is 437 g/mol. The van der Waals surface area contributed by atoms with Crippen LogP contribution in [0.4, 0.5) is 4.39 Å². The Morgan fingerprint density at radius 3 is 2.39 bits per heavy atom. The normalized spacial score (nSPS) is 13.9. The number of carbonyl (C=O) groups excluding carboxylic acids is 2. The number of halogens is 1. The molecule has 5 nitrogen and oxygen atoms in total. The molecule has 0 bridgehead atoms. The van der Waals surface area contributed by atoms with Crippen LogP contribution in [0.15, 0.2) is 35.7 Å². The fourth-order valence-electron chi connectivity index (χ4n) is 4.09. The molecule has 0 atom stereocenters. The third kappa shape index (κ3) is 7.93. The highest BCUT2D eigenvalue weighted by Gasteiger charge is 2.23. The predicted octanol–water partition coefficient (Wildman–Crippen LogP) is 4.84. The van der Waals surface area contributed by atoms with Gasteiger partial charge in [-0.3, -0.25) is 9.59 Å². The van der Waals surface area contributed by atoms with Gasteiger partial charge in [0.1, 0.15) is 5.82 Å². The lowest BCUT2D eigenvalue weighted by atomic mass is 10.2. The van der Waals surface area contributed by atoms with E-state index in [-0.39, 0.29) is 24.2 Å². The van der Waals surface area contributed by atoms with E-state index in [2.05, 4.69) is 17.9 Å². The second-order valence-electron chi connectivity index (χ2n) is 8.87. The number of hydrogen-bond donors (Lipinski definition) is 0. The zero-order chi connectivity index (χ0) is 23.6. The van der Waals surface area contributed by atoms with Crippen LogP contribution in [0.5, 0.6) is 0 Å². The lowest BCUT2D eigenvalue weighted by molar-refractivity contribution is -0.141. The number of nitrogens with zero attached hydrogens (tertiary/aromatic N) is 3. The first-order valence-corrected chi connectivity index (χ1v) is 12.9. The molecule has 0 radical (unpaired) electrons. The summed E-state index contributed by atoms with van der Waals surface area (Å²) in [6.45, 7) is 8.61. The van der Waals surface area contributed by atoms with E-state index < -0.39 is 0 Å². The number of thiophene rings is 1. The molecule has 2 amide bonds. The number of likely N-dealkylation sites (tertiary alicyclic amines) is 1. The summed E-state index contributed by atoms with van der Waals surface area (Å²) >= 11 is 1.63. The van der Waals surface area contributed by atoms with Crippen LogP contribution in [0.3, 0.4) is 0 Å². The van der Waals surface area contributed by atoms with Crippen molar-refractivity contribution < 1.29 is 14.0 Å². The van der Waals surface area contributed by atoms with Gasteiger partial charge in [-0.1, -0.05) is 25.5 Å². The summed E-state index contributed by atoms with van der Waals surface area (Å²) in [6, 6.07) is 8.33. The fourth-order valence-corrected chi connectivity index (χ4v) is 5.01. The van der Waals surface area contributed by atoms with Gasteiger partial charge in [-0.15, -0.1) is 11.3 Å². The molecule has 1 aromatic heterocycles. The topological polar surface area (TPSA) is 43.9 Å². The first-order valence-electron chi connectivity index (χ1n) is 12.0. The summed E-state index contributed by atoms with van der Waals surface area (Å²) in [7, 11) is 0. The summed E-state index contributed by atoms with van der Waals surface area (Å²) in [5.74, 6) is -0.308. The van der Waals surface area contributed by atoms with Crippen molar-refractivity contribution >= 4 is 23.2 Å². The maximum absolute atomic E-state index is 13.5. The minimum Gasteiger partial charge on any atom is -0.332 e. The lowest BCUT2D eigenvalue weighted by Gasteiger charge is -2.29. The molecule has 3 rings (SSSR count). The van der Waals surface area contributed by atoms with Gasteiger partial charge in [0.2, 0.25) is 11.8 Å². The number of benzene rings is 1. The van der Waals surface area contributed by atoms with Gasteiger partial charge in [0, 0.05) is 30.9 Å². The SMILES string of the molecule is CCCCC(=O)N(CCN1CCCC1)CC(=O)N(Cc1ccc(F)cc1)Cc1sccc1C. The van der Waals surface area contributed by atoms with Crippen LogP contribution in [0.25, 0.3) is 0 Å². The first kappa shape index (κ1) is 25.4. The maximum Gasteiger partial charge on any atom is 0.242 e. The Kier molecular flexibility index (Phi) is 9.88. The predicted molar refractivity (Wildman–Crippen MR) is 131 cm³/mol. The Morgan fingerprint density at radius 1 is 1.03 bits per heavy atom. The number of aryl methyl sites for hydroxylation is 1. The minimum atomic E-state index is -0.291. The Bertz CT molecular complexity index is 893. The van der Waals surface area contributed by atoms with Crippen LogP contribution < -0.4 is 0 Å². The highest BCUT2D eigenvalue weighted by Crippen LogP contribution is 2.20. The van der Waals surface area contributed by atoms with Crippen molar-refractivity contribution in [2.45, 2.75) is 59.0 Å². The molecule has 0 N–H and O–H groups in total. The molecule has 1 fully saturated rings. The second-order valence-corrected chi connectivity index (χ2v) is 9.87. The van der Waals surface area contributed by atoms with Gasteiger partial charge >= 0.3 is 0 Å². The third-order valence-electron chi connectivity index (χ3n) is 6.25. The van der Waals surface area contributed by atoms with Crippen LogP contribution in [-0.4, -0.2) is 59.2 Å². The van der Waals surface area contributed by atoms with Gasteiger partial charge in [0.05, 0.1) is 13.1 Å². The molecule has 0 saturated carbocycles. The van der Waals surface area contributed by atoms with Crippen molar-refractivity contribution in [1.82, 2.24) is 14.7 Å². The molecule has 2 aromatic rings. The van der Waals surface area contributed by atoms with Gasteiger partial charge in [0.15, 0.2) is 0 Å². The average Bonchev–Trinajstić information content (AvgIpc) is 3.47. The maximum atomic E-state index is 13.5. The molecule has 0 spiro atoms. The monoisotopic (exact) mass is 473 g/mol. The van der Waals surface area contributed by atoms with Crippen molar-refractivity contribution in [3.05, 3.63) is 57.5 Å². The van der Waals surface area contributed by atoms with Gasteiger partial charge in [-0.25, -0.2) is 4.39 Å². The molecular formula is C26H36FN3O2S. The largest absolute Gasteiger partial charge is 0.332 e. The molecule has 33 heavy (non-hydrogen) atoms. The summed E-state index contributed by atoms with van der Waals surface area (Å²) in [5, 5.41) is 2.03. The quantitative estimate of drug-likeness (QED) is 0.443. The molecule has 1 saturated heterocycles. The van der Waals surface area contributed by atoms with E-state index >= 15 is 0 Å². The lowest BCUT2D eigenvalue weighted by Crippen LogP contribution is -2.45. The summed E-state index contributed by atoms with van der Waals surface area (Å²) in [4.78, 5) is 33.5. The Balaban J connectivity index is 1.72. The van der Waals surface area contributed by atoms with Gasteiger partial charge < -0.3 is 14.7 Å². The van der Waals surface area contributed by atoms with Crippen LogP contribution in [0, 0.1) is 12.7 Å². The Morgan fingerprint density at radius 2 is 1.76 bits per heavy atom. The van der Waals surface area contributed by atoms with Crippen molar-refractivity contribution in [3.8, 4) is 0 Å². The average molecular weight is 474 g/mol. The van der Waals surface area contributed by atoms with Crippen molar-refractivity contribution in [1.29, 1.82) is 0 Å². The van der Waals surface area contributed by atoms with Crippen LogP contribution in [0.1, 0.15) is 55.0 Å². The minimum absolute atomic E-state index is 0.0541. The van der Waals surface area contributed by atoms with E-state index in [1.54, 1.807) is 33.3 Å². The standard InChI is InChI=1S/C26H36FN3O2S/c1-3-4-7-25(31)29(16-15-28-13-5-6-14-28)20-26(32)30(19-24-21(2)12-17-33-24)18-22-8-10-23(27)11-9-22/h8-12,17H,3-7,13-16,18-20H2,1-2H3. The highest BCUT2D eigenvalue weighted by atomic mass is 32.1. The Labute approximate surface area is 201 Å². The first-order chi connectivity index (χ1) is 16.0. The second kappa shape index (κ2) is 12.8. The smallest absolute Gasteiger partial charge is 0.242 e. The highest BCUT2D eigenvalue weighted by molar-refractivity contribution is 7.10. The van der Waals surface area contributed by atoms with Crippen LogP contribution in [0.2, 0.25) is 0 Å². The molecule has 0 unspecified atom stereocenters. The molecule has 7 heteroatoms.